The lowest BCUT2D eigenvalue weighted by Crippen LogP contribution is -2.10. The molecule has 0 unspecified atom stereocenters. The largest absolute Gasteiger partial charge is 0.363 e. The van der Waals surface area contributed by atoms with Crippen molar-refractivity contribution in [3.8, 4) is 11.4 Å². The Balaban J connectivity index is 1.81. The molecule has 0 saturated heterocycles. The Morgan fingerprint density at radius 1 is 1.26 bits per heavy atom. The summed E-state index contributed by atoms with van der Waals surface area (Å²) in [5.74, 6) is 1.30. The molecule has 3 heterocycles. The zero-order valence-corrected chi connectivity index (χ0v) is 12.3. The quantitative estimate of drug-likeness (QED) is 0.783. The first-order valence-corrected chi connectivity index (χ1v) is 6.93. The van der Waals surface area contributed by atoms with Crippen molar-refractivity contribution in [2.24, 2.45) is 0 Å². The van der Waals surface area contributed by atoms with Crippen molar-refractivity contribution >= 4 is 5.82 Å². The Labute approximate surface area is 131 Å². The fraction of sp³-hybridized carbons (Fsp3) is 0.200. The molecule has 0 atom stereocenters. The van der Waals surface area contributed by atoms with Crippen LogP contribution in [-0.2, 0) is 6.54 Å². The first kappa shape index (κ1) is 15.0. The summed E-state index contributed by atoms with van der Waals surface area (Å²) < 4.78 is 26.4. The van der Waals surface area contributed by atoms with Gasteiger partial charge in [0, 0.05) is 42.1 Å². The number of halogens is 2. The standard InChI is InChI=1S/C15H14F2N6/c1-10-7-12(20-9-13-19-5-6-23(13)15(16)17)22-14(21-10)11-3-2-4-18-8-11/h2-8,15H,9H2,1H3,(H,20,21,22). The van der Waals surface area contributed by atoms with Crippen LogP contribution in [0, 0.1) is 6.92 Å². The highest BCUT2D eigenvalue weighted by Gasteiger charge is 2.11. The molecule has 0 aromatic carbocycles. The summed E-state index contributed by atoms with van der Waals surface area (Å²) in [5.41, 5.74) is 1.55. The van der Waals surface area contributed by atoms with Crippen molar-refractivity contribution in [2.75, 3.05) is 5.32 Å². The number of alkyl halides is 2. The van der Waals surface area contributed by atoms with Crippen LogP contribution in [0.5, 0.6) is 0 Å². The summed E-state index contributed by atoms with van der Waals surface area (Å²) in [7, 11) is 0. The first-order chi connectivity index (χ1) is 11.1. The van der Waals surface area contributed by atoms with E-state index >= 15 is 0 Å². The second kappa shape index (κ2) is 6.47. The second-order valence-electron chi connectivity index (χ2n) is 4.84. The highest BCUT2D eigenvalue weighted by Crippen LogP contribution is 2.18. The Morgan fingerprint density at radius 3 is 2.87 bits per heavy atom. The number of nitrogens with one attached hydrogen (secondary N) is 1. The molecule has 0 saturated carbocycles. The molecular weight excluding hydrogens is 302 g/mol. The minimum atomic E-state index is -2.62. The number of hydrogen-bond acceptors (Lipinski definition) is 5. The average Bonchev–Trinajstić information content (AvgIpc) is 3.02. The lowest BCUT2D eigenvalue weighted by Gasteiger charge is -2.10. The van der Waals surface area contributed by atoms with Gasteiger partial charge in [0.2, 0.25) is 0 Å². The summed E-state index contributed by atoms with van der Waals surface area (Å²) in [6.07, 6.45) is 5.92. The molecule has 0 aliphatic rings. The van der Waals surface area contributed by atoms with Crippen LogP contribution in [0.25, 0.3) is 11.4 Å². The molecule has 6 nitrogen and oxygen atoms in total. The van der Waals surface area contributed by atoms with Crippen LogP contribution in [0.4, 0.5) is 14.6 Å². The molecule has 0 fully saturated rings. The van der Waals surface area contributed by atoms with Gasteiger partial charge in [-0.1, -0.05) is 0 Å². The van der Waals surface area contributed by atoms with E-state index < -0.39 is 6.55 Å². The van der Waals surface area contributed by atoms with Gasteiger partial charge in [-0.2, -0.15) is 8.78 Å². The van der Waals surface area contributed by atoms with Crippen LogP contribution in [0.15, 0.2) is 43.0 Å². The lowest BCUT2D eigenvalue weighted by molar-refractivity contribution is 0.0673. The van der Waals surface area contributed by atoms with Crippen LogP contribution < -0.4 is 5.32 Å². The molecular formula is C15H14F2N6. The first-order valence-electron chi connectivity index (χ1n) is 6.93. The number of aryl methyl sites for hydroxylation is 1. The summed E-state index contributed by atoms with van der Waals surface area (Å²) in [5, 5.41) is 3.01. The van der Waals surface area contributed by atoms with Crippen LogP contribution in [0.2, 0.25) is 0 Å². The van der Waals surface area contributed by atoms with E-state index in [1.165, 1.54) is 12.4 Å². The molecule has 0 bridgehead atoms. The zero-order chi connectivity index (χ0) is 16.2. The molecule has 0 radical (unpaired) electrons. The van der Waals surface area contributed by atoms with E-state index in [1.54, 1.807) is 24.5 Å². The summed E-state index contributed by atoms with van der Waals surface area (Å²) in [4.78, 5) is 16.7. The highest BCUT2D eigenvalue weighted by molar-refractivity contribution is 5.56. The van der Waals surface area contributed by atoms with Crippen LogP contribution in [0.3, 0.4) is 0 Å². The summed E-state index contributed by atoms with van der Waals surface area (Å²) in [6.45, 7) is -0.639. The van der Waals surface area contributed by atoms with Gasteiger partial charge in [0.15, 0.2) is 5.82 Å². The van der Waals surface area contributed by atoms with Gasteiger partial charge in [-0.25, -0.2) is 15.0 Å². The molecule has 0 aliphatic carbocycles. The SMILES string of the molecule is Cc1cc(NCc2nccn2C(F)F)nc(-c2cccnc2)n1. The van der Waals surface area contributed by atoms with Crippen molar-refractivity contribution in [3.63, 3.8) is 0 Å². The highest BCUT2D eigenvalue weighted by atomic mass is 19.3. The minimum Gasteiger partial charge on any atom is -0.363 e. The van der Waals surface area contributed by atoms with Crippen LogP contribution >= 0.6 is 0 Å². The van der Waals surface area contributed by atoms with Crippen molar-refractivity contribution in [2.45, 2.75) is 20.0 Å². The molecule has 3 aromatic heterocycles. The Kier molecular flexibility index (Phi) is 4.22. The molecule has 0 aliphatic heterocycles. The number of nitrogens with zero attached hydrogens (tertiary/aromatic N) is 5. The van der Waals surface area contributed by atoms with E-state index in [9.17, 15) is 8.78 Å². The topological polar surface area (TPSA) is 68.5 Å². The maximum Gasteiger partial charge on any atom is 0.319 e. The molecule has 3 aromatic rings. The predicted octanol–water partition coefficient (Wildman–Crippen LogP) is 3.05. The minimum absolute atomic E-state index is 0.139. The summed E-state index contributed by atoms with van der Waals surface area (Å²) >= 11 is 0. The van der Waals surface area contributed by atoms with Gasteiger partial charge < -0.3 is 5.32 Å². The fourth-order valence-corrected chi connectivity index (χ4v) is 2.11. The third-order valence-electron chi connectivity index (χ3n) is 3.16. The number of anilines is 1. The second-order valence-corrected chi connectivity index (χ2v) is 4.84. The maximum absolute atomic E-state index is 12.8. The number of rotatable bonds is 5. The van der Waals surface area contributed by atoms with Crippen molar-refractivity contribution in [1.82, 2.24) is 24.5 Å². The van der Waals surface area contributed by atoms with Gasteiger partial charge in [0.1, 0.15) is 11.6 Å². The third kappa shape index (κ3) is 3.47. The summed E-state index contributed by atoms with van der Waals surface area (Å²) in [6, 6.07) is 5.40. The Bertz CT molecular complexity index is 788. The maximum atomic E-state index is 12.8. The molecule has 8 heteroatoms. The molecule has 1 N–H and O–H groups in total. The van der Waals surface area contributed by atoms with Gasteiger partial charge in [-0.15, -0.1) is 0 Å². The third-order valence-corrected chi connectivity index (χ3v) is 3.16. The van der Waals surface area contributed by atoms with Crippen LogP contribution in [0.1, 0.15) is 18.1 Å². The van der Waals surface area contributed by atoms with Gasteiger partial charge in [0.25, 0.3) is 0 Å². The molecule has 3 rings (SSSR count). The molecule has 23 heavy (non-hydrogen) atoms. The predicted molar refractivity (Wildman–Crippen MR) is 80.8 cm³/mol. The van der Waals surface area contributed by atoms with Crippen LogP contribution in [-0.4, -0.2) is 24.5 Å². The van der Waals surface area contributed by atoms with Crippen molar-refractivity contribution in [3.05, 3.63) is 54.5 Å². The molecule has 0 spiro atoms. The normalized spacial score (nSPS) is 11.0. The van der Waals surface area contributed by atoms with Gasteiger partial charge in [0.05, 0.1) is 6.54 Å². The van der Waals surface area contributed by atoms with Gasteiger partial charge >= 0.3 is 6.55 Å². The van der Waals surface area contributed by atoms with E-state index in [0.29, 0.717) is 11.6 Å². The monoisotopic (exact) mass is 316 g/mol. The van der Waals surface area contributed by atoms with E-state index in [1.807, 2.05) is 13.0 Å². The van der Waals surface area contributed by atoms with E-state index in [-0.39, 0.29) is 12.4 Å². The molecule has 0 amide bonds. The lowest BCUT2D eigenvalue weighted by atomic mass is 10.2. The number of pyridine rings is 1. The average molecular weight is 316 g/mol. The van der Waals surface area contributed by atoms with E-state index in [2.05, 4.69) is 25.3 Å². The fourth-order valence-electron chi connectivity index (χ4n) is 2.11. The Hall–Kier alpha value is -2.90. The van der Waals surface area contributed by atoms with E-state index in [4.69, 9.17) is 0 Å². The number of imidazole rings is 1. The number of aromatic nitrogens is 5. The Morgan fingerprint density at radius 2 is 2.13 bits per heavy atom. The van der Waals surface area contributed by atoms with E-state index in [0.717, 1.165) is 15.8 Å². The van der Waals surface area contributed by atoms with Gasteiger partial charge in [-0.3, -0.25) is 9.55 Å². The zero-order valence-electron chi connectivity index (χ0n) is 12.3. The van der Waals surface area contributed by atoms with Crippen molar-refractivity contribution in [1.29, 1.82) is 0 Å². The smallest absolute Gasteiger partial charge is 0.319 e. The van der Waals surface area contributed by atoms with Gasteiger partial charge in [-0.05, 0) is 19.1 Å². The molecule has 118 valence electrons. The number of hydrogen-bond donors (Lipinski definition) is 1. The van der Waals surface area contributed by atoms with Crippen molar-refractivity contribution < 1.29 is 8.78 Å².